The predicted octanol–water partition coefficient (Wildman–Crippen LogP) is 4.86. The molecule has 0 atom stereocenters. The Bertz CT molecular complexity index is 354. The molecule has 1 heteroatoms. The second-order valence-electron chi connectivity index (χ2n) is 5.13. The van der Waals surface area contributed by atoms with Gasteiger partial charge in [0.25, 0.3) is 0 Å². The highest BCUT2D eigenvalue weighted by Gasteiger charge is 2.04. The lowest BCUT2D eigenvalue weighted by atomic mass is 10.0. The number of Topliss-reactive ketones (excluding diaryl/α,β-unsaturated/α-hetero) is 1. The summed E-state index contributed by atoms with van der Waals surface area (Å²) in [6.45, 7) is 4.33. The molecule has 0 spiro atoms. The van der Waals surface area contributed by atoms with E-state index in [-0.39, 0.29) is 0 Å². The standard InChI is InChI=1S/C17H26O/c1-3-4-5-6-7-12-17(18)14-13-16-11-9-8-10-15(16)2/h8-11H,3-7,12-14H2,1-2H3. The van der Waals surface area contributed by atoms with Crippen LogP contribution in [-0.4, -0.2) is 5.78 Å². The summed E-state index contributed by atoms with van der Waals surface area (Å²) in [6, 6.07) is 8.35. The fraction of sp³-hybridized carbons (Fsp3) is 0.588. The van der Waals surface area contributed by atoms with Crippen molar-refractivity contribution in [1.29, 1.82) is 0 Å². The van der Waals surface area contributed by atoms with E-state index in [0.29, 0.717) is 12.2 Å². The van der Waals surface area contributed by atoms with Crippen LogP contribution in [0.3, 0.4) is 0 Å². The largest absolute Gasteiger partial charge is 0.300 e. The van der Waals surface area contributed by atoms with Crippen LogP contribution in [0.5, 0.6) is 0 Å². The lowest BCUT2D eigenvalue weighted by molar-refractivity contribution is -0.119. The molecule has 0 saturated carbocycles. The molecule has 0 radical (unpaired) electrons. The molecule has 0 unspecified atom stereocenters. The minimum absolute atomic E-state index is 0.426. The molecule has 0 saturated heterocycles. The molecule has 0 N–H and O–H groups in total. The third kappa shape index (κ3) is 6.00. The van der Waals surface area contributed by atoms with E-state index in [1.165, 1.54) is 36.8 Å². The van der Waals surface area contributed by atoms with Crippen LogP contribution < -0.4 is 0 Å². The number of carbonyl (C=O) groups is 1. The van der Waals surface area contributed by atoms with Crippen molar-refractivity contribution in [3.8, 4) is 0 Å². The SMILES string of the molecule is CCCCCCCC(=O)CCc1ccccc1C. The van der Waals surface area contributed by atoms with E-state index in [4.69, 9.17) is 0 Å². The van der Waals surface area contributed by atoms with Crippen molar-refractivity contribution in [2.45, 2.75) is 65.2 Å². The highest BCUT2D eigenvalue weighted by atomic mass is 16.1. The van der Waals surface area contributed by atoms with Gasteiger partial charge >= 0.3 is 0 Å². The molecule has 1 aromatic rings. The summed E-state index contributed by atoms with van der Waals surface area (Å²) in [5, 5.41) is 0. The third-order valence-corrected chi connectivity index (χ3v) is 3.49. The normalized spacial score (nSPS) is 10.6. The van der Waals surface area contributed by atoms with E-state index in [9.17, 15) is 4.79 Å². The quantitative estimate of drug-likeness (QED) is 0.569. The molecule has 18 heavy (non-hydrogen) atoms. The number of hydrogen-bond acceptors (Lipinski definition) is 1. The van der Waals surface area contributed by atoms with Gasteiger partial charge in [0, 0.05) is 12.8 Å². The van der Waals surface area contributed by atoms with Gasteiger partial charge in [-0.2, -0.15) is 0 Å². The number of benzene rings is 1. The van der Waals surface area contributed by atoms with Gasteiger partial charge in [-0.15, -0.1) is 0 Å². The summed E-state index contributed by atoms with van der Waals surface area (Å²) in [7, 11) is 0. The van der Waals surface area contributed by atoms with Gasteiger partial charge in [-0.1, -0.05) is 56.9 Å². The molecule has 0 aromatic heterocycles. The Hall–Kier alpha value is -1.11. The molecule has 1 aromatic carbocycles. The second kappa shape index (κ2) is 8.91. The van der Waals surface area contributed by atoms with Gasteiger partial charge in [-0.05, 0) is 30.9 Å². The van der Waals surface area contributed by atoms with E-state index in [1.807, 2.05) is 6.07 Å². The van der Waals surface area contributed by atoms with Crippen molar-refractivity contribution in [2.75, 3.05) is 0 Å². The zero-order chi connectivity index (χ0) is 13.2. The fourth-order valence-electron chi connectivity index (χ4n) is 2.22. The Balaban J connectivity index is 2.15. The van der Waals surface area contributed by atoms with Crippen LogP contribution in [0.2, 0.25) is 0 Å². The van der Waals surface area contributed by atoms with Crippen LogP contribution in [-0.2, 0) is 11.2 Å². The van der Waals surface area contributed by atoms with E-state index in [1.54, 1.807) is 0 Å². The van der Waals surface area contributed by atoms with Gasteiger partial charge in [0.1, 0.15) is 5.78 Å². The van der Waals surface area contributed by atoms with Gasteiger partial charge in [0.2, 0.25) is 0 Å². The summed E-state index contributed by atoms with van der Waals surface area (Å²) in [5.41, 5.74) is 2.62. The highest BCUT2D eigenvalue weighted by molar-refractivity contribution is 5.78. The monoisotopic (exact) mass is 246 g/mol. The van der Waals surface area contributed by atoms with Crippen LogP contribution >= 0.6 is 0 Å². The number of ketones is 1. The number of hydrogen-bond donors (Lipinski definition) is 0. The van der Waals surface area contributed by atoms with Crippen LogP contribution in [0.15, 0.2) is 24.3 Å². The second-order valence-corrected chi connectivity index (χ2v) is 5.13. The topological polar surface area (TPSA) is 17.1 Å². The van der Waals surface area contributed by atoms with Crippen LogP contribution in [0.1, 0.15) is 63.0 Å². The van der Waals surface area contributed by atoms with Crippen molar-refractivity contribution < 1.29 is 4.79 Å². The first-order chi connectivity index (χ1) is 8.74. The van der Waals surface area contributed by atoms with E-state index < -0.39 is 0 Å². The van der Waals surface area contributed by atoms with Gasteiger partial charge in [-0.3, -0.25) is 4.79 Å². The van der Waals surface area contributed by atoms with Crippen molar-refractivity contribution in [1.82, 2.24) is 0 Å². The maximum atomic E-state index is 11.8. The summed E-state index contributed by atoms with van der Waals surface area (Å²) in [4.78, 5) is 11.8. The summed E-state index contributed by atoms with van der Waals surface area (Å²) in [5.74, 6) is 0.426. The molecule has 100 valence electrons. The Morgan fingerprint density at radius 1 is 1.00 bits per heavy atom. The Kier molecular flexibility index (Phi) is 7.40. The highest BCUT2D eigenvalue weighted by Crippen LogP contribution is 2.12. The Morgan fingerprint density at radius 3 is 2.44 bits per heavy atom. The van der Waals surface area contributed by atoms with Crippen LogP contribution in [0.4, 0.5) is 0 Å². The molecular weight excluding hydrogens is 220 g/mol. The zero-order valence-corrected chi connectivity index (χ0v) is 11.9. The number of carbonyl (C=O) groups excluding carboxylic acids is 1. The molecule has 1 rings (SSSR count). The van der Waals surface area contributed by atoms with E-state index in [0.717, 1.165) is 19.3 Å². The van der Waals surface area contributed by atoms with Crippen molar-refractivity contribution >= 4 is 5.78 Å². The third-order valence-electron chi connectivity index (χ3n) is 3.49. The molecule has 0 amide bonds. The average Bonchev–Trinajstić information content (AvgIpc) is 2.37. The smallest absolute Gasteiger partial charge is 0.133 e. The summed E-state index contributed by atoms with van der Waals surface area (Å²) in [6.07, 6.45) is 8.52. The summed E-state index contributed by atoms with van der Waals surface area (Å²) >= 11 is 0. The first-order valence-corrected chi connectivity index (χ1v) is 7.30. The molecule has 0 aliphatic carbocycles. The lowest BCUT2D eigenvalue weighted by Crippen LogP contribution is -2.01. The van der Waals surface area contributed by atoms with Gasteiger partial charge in [0.15, 0.2) is 0 Å². The minimum atomic E-state index is 0.426. The van der Waals surface area contributed by atoms with Crippen molar-refractivity contribution in [3.05, 3.63) is 35.4 Å². The first-order valence-electron chi connectivity index (χ1n) is 7.30. The predicted molar refractivity (Wildman–Crippen MR) is 77.9 cm³/mol. The Morgan fingerprint density at radius 2 is 1.72 bits per heavy atom. The molecule has 0 bridgehead atoms. The molecule has 1 nitrogen and oxygen atoms in total. The van der Waals surface area contributed by atoms with Crippen LogP contribution in [0, 0.1) is 6.92 Å². The molecule has 0 aliphatic heterocycles. The van der Waals surface area contributed by atoms with Gasteiger partial charge < -0.3 is 0 Å². The number of rotatable bonds is 9. The zero-order valence-electron chi connectivity index (χ0n) is 11.9. The minimum Gasteiger partial charge on any atom is -0.300 e. The molecule has 0 fully saturated rings. The van der Waals surface area contributed by atoms with E-state index >= 15 is 0 Å². The number of unbranched alkanes of at least 4 members (excludes halogenated alkanes) is 4. The van der Waals surface area contributed by atoms with Crippen LogP contribution in [0.25, 0.3) is 0 Å². The Labute approximate surface area is 112 Å². The average molecular weight is 246 g/mol. The van der Waals surface area contributed by atoms with Crippen molar-refractivity contribution in [2.24, 2.45) is 0 Å². The maximum absolute atomic E-state index is 11.8. The lowest BCUT2D eigenvalue weighted by Gasteiger charge is -2.05. The fourth-order valence-corrected chi connectivity index (χ4v) is 2.22. The maximum Gasteiger partial charge on any atom is 0.133 e. The molecular formula is C17H26O. The summed E-state index contributed by atoms with van der Waals surface area (Å²) < 4.78 is 0. The van der Waals surface area contributed by atoms with Gasteiger partial charge in [-0.25, -0.2) is 0 Å². The molecule has 0 aliphatic rings. The molecule has 0 heterocycles. The first kappa shape index (κ1) is 14.9. The van der Waals surface area contributed by atoms with E-state index in [2.05, 4.69) is 32.0 Å². The number of aryl methyl sites for hydroxylation is 2. The van der Waals surface area contributed by atoms with Crippen molar-refractivity contribution in [3.63, 3.8) is 0 Å². The van der Waals surface area contributed by atoms with Gasteiger partial charge in [0.05, 0.1) is 0 Å².